The Morgan fingerprint density at radius 3 is 2.94 bits per heavy atom. The van der Waals surface area contributed by atoms with E-state index in [0.29, 0.717) is 10.8 Å². The highest BCUT2D eigenvalue weighted by atomic mass is 79.9. The van der Waals surface area contributed by atoms with Crippen LogP contribution in [0.25, 0.3) is 0 Å². The number of rotatable bonds is 7. The standard InChI is InChI=1S/C13H17BrClNO2/c1-2-11(6-7-14)16-13(17)9-18-12-5-3-4-10(15)8-12/h3-5,8,11H,2,6-7,9H2,1H3,(H,16,17). The summed E-state index contributed by atoms with van der Waals surface area (Å²) >= 11 is 9.19. The summed E-state index contributed by atoms with van der Waals surface area (Å²) in [5.74, 6) is 0.494. The molecule has 0 saturated carbocycles. The summed E-state index contributed by atoms with van der Waals surface area (Å²) in [6.07, 6.45) is 1.83. The van der Waals surface area contributed by atoms with Gasteiger partial charge < -0.3 is 10.1 Å². The van der Waals surface area contributed by atoms with Crippen molar-refractivity contribution in [1.29, 1.82) is 0 Å². The van der Waals surface area contributed by atoms with Crippen LogP contribution < -0.4 is 10.1 Å². The molecule has 1 N–H and O–H groups in total. The average Bonchev–Trinajstić information content (AvgIpc) is 2.36. The van der Waals surface area contributed by atoms with E-state index in [1.54, 1.807) is 24.3 Å². The van der Waals surface area contributed by atoms with Crippen LogP contribution in [-0.2, 0) is 4.79 Å². The highest BCUT2D eigenvalue weighted by Gasteiger charge is 2.10. The first-order valence-corrected chi connectivity index (χ1v) is 7.39. The van der Waals surface area contributed by atoms with Gasteiger partial charge >= 0.3 is 0 Å². The molecular weight excluding hydrogens is 318 g/mol. The fourth-order valence-electron chi connectivity index (χ4n) is 1.49. The Kier molecular flexibility index (Phi) is 7.13. The maximum atomic E-state index is 11.7. The maximum absolute atomic E-state index is 11.7. The van der Waals surface area contributed by atoms with Gasteiger partial charge in [-0.15, -0.1) is 0 Å². The second-order valence-electron chi connectivity index (χ2n) is 3.90. The largest absolute Gasteiger partial charge is 0.484 e. The van der Waals surface area contributed by atoms with Gasteiger partial charge in [-0.3, -0.25) is 4.79 Å². The van der Waals surface area contributed by atoms with E-state index in [2.05, 4.69) is 21.2 Å². The number of carbonyl (C=O) groups excluding carboxylic acids is 1. The van der Waals surface area contributed by atoms with Crippen molar-refractivity contribution in [3.8, 4) is 5.75 Å². The van der Waals surface area contributed by atoms with Crippen LogP contribution in [0.1, 0.15) is 19.8 Å². The summed E-state index contributed by atoms with van der Waals surface area (Å²) in [5, 5.41) is 4.40. The van der Waals surface area contributed by atoms with Crippen molar-refractivity contribution in [1.82, 2.24) is 5.32 Å². The minimum Gasteiger partial charge on any atom is -0.484 e. The molecule has 100 valence electrons. The van der Waals surface area contributed by atoms with E-state index in [4.69, 9.17) is 16.3 Å². The number of halogens is 2. The Hall–Kier alpha value is -0.740. The molecule has 0 heterocycles. The summed E-state index contributed by atoms with van der Waals surface area (Å²) in [4.78, 5) is 11.7. The Morgan fingerprint density at radius 2 is 2.33 bits per heavy atom. The first-order valence-electron chi connectivity index (χ1n) is 5.89. The van der Waals surface area contributed by atoms with E-state index in [1.165, 1.54) is 0 Å². The number of ether oxygens (including phenoxy) is 1. The molecule has 0 aliphatic heterocycles. The lowest BCUT2D eigenvalue weighted by Gasteiger charge is -2.15. The monoisotopic (exact) mass is 333 g/mol. The lowest BCUT2D eigenvalue weighted by molar-refractivity contribution is -0.123. The second-order valence-corrected chi connectivity index (χ2v) is 5.13. The van der Waals surface area contributed by atoms with Gasteiger partial charge in [0.05, 0.1) is 0 Å². The van der Waals surface area contributed by atoms with Gasteiger partial charge in [0.1, 0.15) is 5.75 Å². The summed E-state index contributed by atoms with van der Waals surface area (Å²) in [6.45, 7) is 2.06. The van der Waals surface area contributed by atoms with Crippen LogP contribution in [0.3, 0.4) is 0 Å². The van der Waals surface area contributed by atoms with Crippen molar-refractivity contribution in [3.05, 3.63) is 29.3 Å². The fraction of sp³-hybridized carbons (Fsp3) is 0.462. The van der Waals surface area contributed by atoms with Crippen molar-refractivity contribution >= 4 is 33.4 Å². The number of hydrogen-bond acceptors (Lipinski definition) is 2. The van der Waals surface area contributed by atoms with Crippen molar-refractivity contribution < 1.29 is 9.53 Å². The van der Waals surface area contributed by atoms with Gasteiger partial charge in [-0.05, 0) is 31.0 Å². The second kappa shape index (κ2) is 8.38. The van der Waals surface area contributed by atoms with Crippen LogP contribution in [0.15, 0.2) is 24.3 Å². The number of benzene rings is 1. The molecule has 1 aromatic rings. The first-order chi connectivity index (χ1) is 8.65. The number of amides is 1. The number of nitrogens with one attached hydrogen (secondary N) is 1. The summed E-state index contributed by atoms with van der Waals surface area (Å²) in [5.41, 5.74) is 0. The number of hydrogen-bond donors (Lipinski definition) is 1. The molecule has 0 spiro atoms. The highest BCUT2D eigenvalue weighted by molar-refractivity contribution is 9.09. The lowest BCUT2D eigenvalue weighted by Crippen LogP contribution is -2.37. The molecule has 0 aliphatic rings. The smallest absolute Gasteiger partial charge is 0.258 e. The van der Waals surface area contributed by atoms with E-state index in [-0.39, 0.29) is 18.6 Å². The van der Waals surface area contributed by atoms with Crippen LogP contribution in [0.2, 0.25) is 5.02 Å². The van der Waals surface area contributed by atoms with Crippen LogP contribution in [-0.4, -0.2) is 23.9 Å². The maximum Gasteiger partial charge on any atom is 0.258 e. The van der Waals surface area contributed by atoms with Crippen LogP contribution >= 0.6 is 27.5 Å². The Balaban J connectivity index is 2.36. The Morgan fingerprint density at radius 1 is 1.56 bits per heavy atom. The predicted molar refractivity (Wildman–Crippen MR) is 77.6 cm³/mol. The summed E-state index contributed by atoms with van der Waals surface area (Å²) in [6, 6.07) is 7.20. The van der Waals surface area contributed by atoms with Crippen molar-refractivity contribution in [3.63, 3.8) is 0 Å². The Labute approximate surface area is 121 Å². The van der Waals surface area contributed by atoms with Gasteiger partial charge in [-0.1, -0.05) is 40.5 Å². The third-order valence-corrected chi connectivity index (χ3v) is 3.17. The molecule has 1 rings (SSSR count). The third-order valence-electron chi connectivity index (χ3n) is 2.48. The molecule has 0 aromatic heterocycles. The molecule has 1 atom stereocenters. The number of carbonyl (C=O) groups is 1. The van der Waals surface area contributed by atoms with E-state index in [1.807, 2.05) is 6.92 Å². The molecule has 3 nitrogen and oxygen atoms in total. The SMILES string of the molecule is CCC(CCBr)NC(=O)COc1cccc(Cl)c1. The summed E-state index contributed by atoms with van der Waals surface area (Å²) in [7, 11) is 0. The van der Waals surface area contributed by atoms with Gasteiger partial charge in [-0.2, -0.15) is 0 Å². The zero-order valence-corrected chi connectivity index (χ0v) is 12.6. The first kappa shape index (κ1) is 15.3. The zero-order valence-electron chi connectivity index (χ0n) is 10.3. The molecule has 1 aromatic carbocycles. The Bertz CT molecular complexity index is 387. The van der Waals surface area contributed by atoms with Crippen molar-refractivity contribution in [2.75, 3.05) is 11.9 Å². The minimum absolute atomic E-state index is 0.0130. The lowest BCUT2D eigenvalue weighted by atomic mass is 10.2. The molecule has 0 radical (unpaired) electrons. The van der Waals surface area contributed by atoms with Crippen molar-refractivity contribution in [2.24, 2.45) is 0 Å². The average molecular weight is 335 g/mol. The van der Waals surface area contributed by atoms with Crippen molar-refractivity contribution in [2.45, 2.75) is 25.8 Å². The van der Waals surface area contributed by atoms with E-state index >= 15 is 0 Å². The molecule has 0 aliphatic carbocycles. The summed E-state index contributed by atoms with van der Waals surface area (Å²) < 4.78 is 5.36. The predicted octanol–water partition coefficient (Wildman–Crippen LogP) is 3.40. The topological polar surface area (TPSA) is 38.3 Å². The molecule has 1 amide bonds. The molecule has 18 heavy (non-hydrogen) atoms. The molecule has 5 heteroatoms. The van der Waals surface area contributed by atoms with E-state index in [9.17, 15) is 4.79 Å². The molecular formula is C13H17BrClNO2. The van der Waals surface area contributed by atoms with Gasteiger partial charge in [-0.25, -0.2) is 0 Å². The molecule has 1 unspecified atom stereocenters. The molecule has 0 bridgehead atoms. The third kappa shape index (κ3) is 5.74. The van der Waals surface area contributed by atoms with Crippen LogP contribution in [0, 0.1) is 0 Å². The van der Waals surface area contributed by atoms with Crippen LogP contribution in [0.4, 0.5) is 0 Å². The highest BCUT2D eigenvalue weighted by Crippen LogP contribution is 2.16. The van der Waals surface area contributed by atoms with Gasteiger partial charge in [0.15, 0.2) is 6.61 Å². The zero-order chi connectivity index (χ0) is 13.4. The quantitative estimate of drug-likeness (QED) is 0.776. The fourth-order valence-corrected chi connectivity index (χ4v) is 2.22. The van der Waals surface area contributed by atoms with Crippen LogP contribution in [0.5, 0.6) is 5.75 Å². The number of alkyl halides is 1. The van der Waals surface area contributed by atoms with E-state index in [0.717, 1.165) is 18.2 Å². The molecule has 0 saturated heterocycles. The van der Waals surface area contributed by atoms with Gasteiger partial charge in [0, 0.05) is 16.4 Å². The normalized spacial score (nSPS) is 11.9. The minimum atomic E-state index is -0.109. The van der Waals surface area contributed by atoms with Gasteiger partial charge in [0.25, 0.3) is 5.91 Å². The molecule has 0 fully saturated rings. The van der Waals surface area contributed by atoms with E-state index < -0.39 is 0 Å². The van der Waals surface area contributed by atoms with Gasteiger partial charge in [0.2, 0.25) is 0 Å².